The van der Waals surface area contributed by atoms with Gasteiger partial charge >= 0.3 is 5.97 Å². The summed E-state index contributed by atoms with van der Waals surface area (Å²) in [5.41, 5.74) is 1.08. The predicted molar refractivity (Wildman–Crippen MR) is 108 cm³/mol. The van der Waals surface area contributed by atoms with Crippen molar-refractivity contribution in [1.29, 1.82) is 0 Å². The summed E-state index contributed by atoms with van der Waals surface area (Å²) in [6, 6.07) is 16.3. The largest absolute Gasteiger partial charge is 0.489 e. The molecule has 150 valence electrons. The lowest BCUT2D eigenvalue weighted by Crippen LogP contribution is -2.35. The number of nitrogens with one attached hydrogen (secondary N) is 1. The van der Waals surface area contributed by atoms with Gasteiger partial charge in [0.2, 0.25) is 0 Å². The lowest BCUT2D eigenvalue weighted by Gasteiger charge is -2.14. The molecular weight excluding hydrogens is 393 g/mol. The molecule has 7 heteroatoms. The number of esters is 1. The van der Waals surface area contributed by atoms with Crippen LogP contribution in [0.5, 0.6) is 5.75 Å². The molecular formula is C22H20FNO4S. The summed E-state index contributed by atoms with van der Waals surface area (Å²) < 4.78 is 23.9. The Morgan fingerprint density at radius 2 is 1.90 bits per heavy atom. The van der Waals surface area contributed by atoms with Gasteiger partial charge in [-0.25, -0.2) is 9.18 Å². The zero-order valence-corrected chi connectivity index (χ0v) is 16.6. The normalized spacial score (nSPS) is 11.5. The molecule has 2 aromatic carbocycles. The Morgan fingerprint density at radius 3 is 2.62 bits per heavy atom. The molecule has 1 N–H and O–H groups in total. The van der Waals surface area contributed by atoms with E-state index < -0.39 is 12.1 Å². The zero-order chi connectivity index (χ0) is 20.6. The number of benzene rings is 2. The van der Waals surface area contributed by atoms with E-state index in [1.807, 2.05) is 17.5 Å². The topological polar surface area (TPSA) is 64.6 Å². The number of hydrogen-bond acceptors (Lipinski definition) is 5. The Morgan fingerprint density at radius 1 is 1.10 bits per heavy atom. The van der Waals surface area contributed by atoms with Gasteiger partial charge in [-0.2, -0.15) is 0 Å². The Bertz CT molecular complexity index is 957. The van der Waals surface area contributed by atoms with Crippen LogP contribution in [0.2, 0.25) is 0 Å². The van der Waals surface area contributed by atoms with Crippen molar-refractivity contribution in [1.82, 2.24) is 5.32 Å². The van der Waals surface area contributed by atoms with Crippen LogP contribution in [0, 0.1) is 5.82 Å². The fraction of sp³-hybridized carbons (Fsp3) is 0.182. The first kappa shape index (κ1) is 20.5. The molecule has 1 atom stereocenters. The van der Waals surface area contributed by atoms with Crippen molar-refractivity contribution >= 4 is 23.2 Å². The predicted octanol–water partition coefficient (Wildman–Crippen LogP) is 4.33. The van der Waals surface area contributed by atoms with Crippen molar-refractivity contribution in [2.75, 3.05) is 0 Å². The van der Waals surface area contributed by atoms with E-state index in [9.17, 15) is 14.0 Å². The van der Waals surface area contributed by atoms with E-state index in [1.165, 1.54) is 30.4 Å². The molecule has 1 amide bonds. The minimum Gasteiger partial charge on any atom is -0.489 e. The van der Waals surface area contributed by atoms with Crippen LogP contribution in [0.15, 0.2) is 66.0 Å². The Balaban J connectivity index is 1.52. The average Bonchev–Trinajstić information content (AvgIpc) is 3.25. The van der Waals surface area contributed by atoms with Crippen molar-refractivity contribution < 1.29 is 23.5 Å². The second kappa shape index (κ2) is 9.84. The highest BCUT2D eigenvalue weighted by Gasteiger charge is 2.19. The summed E-state index contributed by atoms with van der Waals surface area (Å²) in [5.74, 6) is -0.822. The van der Waals surface area contributed by atoms with Gasteiger partial charge in [0, 0.05) is 4.88 Å². The van der Waals surface area contributed by atoms with Crippen LogP contribution in [0.1, 0.15) is 27.7 Å². The highest BCUT2D eigenvalue weighted by atomic mass is 32.1. The van der Waals surface area contributed by atoms with Crippen LogP contribution in [-0.4, -0.2) is 18.0 Å². The summed E-state index contributed by atoms with van der Waals surface area (Å²) in [6.45, 7) is 2.15. The maximum absolute atomic E-state index is 13.0. The van der Waals surface area contributed by atoms with Crippen molar-refractivity contribution in [3.63, 3.8) is 0 Å². The number of ether oxygens (including phenoxy) is 2. The first-order valence-corrected chi connectivity index (χ1v) is 9.87. The quantitative estimate of drug-likeness (QED) is 0.559. The number of thiophene rings is 1. The number of amides is 1. The fourth-order valence-corrected chi connectivity index (χ4v) is 3.12. The Hall–Kier alpha value is -3.19. The molecule has 5 nitrogen and oxygen atoms in total. The molecule has 1 heterocycles. The van der Waals surface area contributed by atoms with Gasteiger partial charge in [-0.1, -0.05) is 24.3 Å². The molecule has 0 bridgehead atoms. The van der Waals surface area contributed by atoms with Gasteiger partial charge in [0.25, 0.3) is 5.91 Å². The fourth-order valence-electron chi connectivity index (χ4n) is 2.47. The SMILES string of the molecule is CC(OC(=O)c1cccc(OCc2ccc(F)cc2)c1)C(=O)NCc1cccs1. The van der Waals surface area contributed by atoms with Crippen LogP contribution >= 0.6 is 11.3 Å². The first-order chi connectivity index (χ1) is 14.0. The number of rotatable bonds is 8. The van der Waals surface area contributed by atoms with Gasteiger partial charge in [0.05, 0.1) is 12.1 Å². The second-order valence-corrected chi connectivity index (χ2v) is 7.32. The smallest absolute Gasteiger partial charge is 0.339 e. The molecule has 0 aliphatic heterocycles. The third-order valence-corrected chi connectivity index (χ3v) is 4.93. The molecule has 0 spiro atoms. The Labute approximate surface area is 172 Å². The summed E-state index contributed by atoms with van der Waals surface area (Å²) in [5, 5.41) is 4.66. The second-order valence-electron chi connectivity index (χ2n) is 6.29. The lowest BCUT2D eigenvalue weighted by molar-refractivity contribution is -0.129. The monoisotopic (exact) mass is 413 g/mol. The van der Waals surface area contributed by atoms with E-state index in [1.54, 1.807) is 36.4 Å². The van der Waals surface area contributed by atoms with E-state index in [4.69, 9.17) is 9.47 Å². The highest BCUT2D eigenvalue weighted by Crippen LogP contribution is 2.17. The van der Waals surface area contributed by atoms with E-state index in [-0.39, 0.29) is 23.9 Å². The van der Waals surface area contributed by atoms with Gasteiger partial charge < -0.3 is 14.8 Å². The molecule has 0 aliphatic carbocycles. The van der Waals surface area contributed by atoms with Gasteiger partial charge in [0.1, 0.15) is 18.2 Å². The van der Waals surface area contributed by atoms with Gasteiger partial charge in [-0.3, -0.25) is 4.79 Å². The summed E-state index contributed by atoms with van der Waals surface area (Å²) in [6.07, 6.45) is -0.925. The lowest BCUT2D eigenvalue weighted by atomic mass is 10.2. The molecule has 0 radical (unpaired) electrons. The van der Waals surface area contributed by atoms with Crippen molar-refractivity contribution in [2.45, 2.75) is 26.2 Å². The van der Waals surface area contributed by atoms with Crippen LogP contribution in [-0.2, 0) is 22.7 Å². The maximum atomic E-state index is 13.0. The summed E-state index contributed by atoms with van der Waals surface area (Å²) in [7, 11) is 0. The number of hydrogen-bond donors (Lipinski definition) is 1. The summed E-state index contributed by atoms with van der Waals surface area (Å²) in [4.78, 5) is 25.5. The van der Waals surface area contributed by atoms with E-state index >= 15 is 0 Å². The third kappa shape index (κ3) is 6.15. The van der Waals surface area contributed by atoms with Gasteiger partial charge in [-0.05, 0) is 54.3 Å². The zero-order valence-electron chi connectivity index (χ0n) is 15.8. The van der Waals surface area contributed by atoms with Crippen molar-refractivity contribution in [3.05, 3.63) is 87.9 Å². The molecule has 29 heavy (non-hydrogen) atoms. The third-order valence-electron chi connectivity index (χ3n) is 4.06. The van der Waals surface area contributed by atoms with E-state index in [2.05, 4.69) is 5.32 Å². The highest BCUT2D eigenvalue weighted by molar-refractivity contribution is 7.09. The summed E-state index contributed by atoms with van der Waals surface area (Å²) >= 11 is 1.54. The molecule has 3 rings (SSSR count). The van der Waals surface area contributed by atoms with Crippen LogP contribution in [0.3, 0.4) is 0 Å². The van der Waals surface area contributed by atoms with Gasteiger partial charge in [-0.15, -0.1) is 11.3 Å². The first-order valence-electron chi connectivity index (χ1n) is 8.99. The van der Waals surface area contributed by atoms with Gasteiger partial charge in [0.15, 0.2) is 6.10 Å². The molecule has 3 aromatic rings. The molecule has 0 saturated carbocycles. The molecule has 0 saturated heterocycles. The standard InChI is InChI=1S/C22H20FNO4S/c1-15(21(25)24-13-20-6-3-11-29-20)28-22(26)17-4-2-5-19(12-17)27-14-16-7-9-18(23)10-8-16/h2-12,15H,13-14H2,1H3,(H,24,25). The van der Waals surface area contributed by atoms with E-state index in [0.717, 1.165) is 10.4 Å². The molecule has 0 aliphatic rings. The molecule has 1 unspecified atom stereocenters. The molecule has 0 fully saturated rings. The van der Waals surface area contributed by atoms with Crippen LogP contribution in [0.4, 0.5) is 4.39 Å². The number of carbonyl (C=O) groups is 2. The van der Waals surface area contributed by atoms with Crippen LogP contribution in [0.25, 0.3) is 0 Å². The van der Waals surface area contributed by atoms with Crippen LogP contribution < -0.4 is 10.1 Å². The number of carbonyl (C=O) groups excluding carboxylic acids is 2. The number of halogens is 1. The Kier molecular flexibility index (Phi) is 6.97. The molecule has 1 aromatic heterocycles. The minimum atomic E-state index is -0.925. The van der Waals surface area contributed by atoms with Crippen molar-refractivity contribution in [3.8, 4) is 5.75 Å². The van der Waals surface area contributed by atoms with Crippen molar-refractivity contribution in [2.24, 2.45) is 0 Å². The average molecular weight is 413 g/mol. The van der Waals surface area contributed by atoms with E-state index in [0.29, 0.717) is 12.3 Å². The maximum Gasteiger partial charge on any atom is 0.339 e. The minimum absolute atomic E-state index is 0.236.